The number of hydrogen-bond acceptors (Lipinski definition) is 2. The van der Waals surface area contributed by atoms with Crippen molar-refractivity contribution >= 4 is 10.8 Å². The molecule has 1 aliphatic heterocycles. The first kappa shape index (κ1) is 20.4. The molecule has 3 aromatic carbocycles. The van der Waals surface area contributed by atoms with E-state index < -0.39 is 0 Å². The average Bonchev–Trinajstić information content (AvgIpc) is 3.59. The molecule has 1 fully saturated rings. The van der Waals surface area contributed by atoms with Crippen LogP contribution in [0.3, 0.4) is 0 Å². The van der Waals surface area contributed by atoms with E-state index in [1.807, 2.05) is 6.08 Å². The third-order valence-corrected chi connectivity index (χ3v) is 6.33. The van der Waals surface area contributed by atoms with Crippen LogP contribution in [0.1, 0.15) is 30.5 Å². The number of rotatable bonds is 10. The second-order valence-corrected chi connectivity index (χ2v) is 8.25. The molecule has 0 amide bonds. The molecular weight excluding hydrogens is 364 g/mol. The van der Waals surface area contributed by atoms with Crippen molar-refractivity contribution in [2.45, 2.75) is 31.8 Å². The molecule has 1 aliphatic rings. The van der Waals surface area contributed by atoms with Crippen LogP contribution < -0.4 is 0 Å². The molecule has 3 aromatic rings. The Kier molecular flexibility index (Phi) is 6.35. The maximum atomic E-state index is 4.52. The highest BCUT2D eigenvalue weighted by Gasteiger charge is 2.42. The lowest BCUT2D eigenvalue weighted by Crippen LogP contribution is -2.30. The van der Waals surface area contributed by atoms with Gasteiger partial charge in [0.25, 0.3) is 0 Å². The van der Waals surface area contributed by atoms with Crippen LogP contribution in [0.25, 0.3) is 10.8 Å². The zero-order valence-electron chi connectivity index (χ0n) is 18.0. The quantitative estimate of drug-likeness (QED) is 0.296. The van der Waals surface area contributed by atoms with E-state index in [1.54, 1.807) is 0 Å². The van der Waals surface area contributed by atoms with Gasteiger partial charge < -0.3 is 4.90 Å². The minimum absolute atomic E-state index is 0.383. The Balaban J connectivity index is 1.44. The predicted molar refractivity (Wildman–Crippen MR) is 129 cm³/mol. The van der Waals surface area contributed by atoms with Gasteiger partial charge in [-0.3, -0.25) is 4.90 Å². The largest absolute Gasteiger partial charge is 0.373 e. The first-order valence-corrected chi connectivity index (χ1v) is 11.0. The lowest BCUT2D eigenvalue weighted by Gasteiger charge is -2.28. The lowest BCUT2D eigenvalue weighted by molar-refractivity contribution is 0.321. The normalized spacial score (nSPS) is 18.7. The Labute approximate surface area is 181 Å². The van der Waals surface area contributed by atoms with Gasteiger partial charge in [-0.15, -0.1) is 6.58 Å². The van der Waals surface area contributed by atoms with Gasteiger partial charge in [-0.2, -0.15) is 0 Å². The summed E-state index contributed by atoms with van der Waals surface area (Å²) in [5.41, 5.74) is 4.04. The van der Waals surface area contributed by atoms with Crippen molar-refractivity contribution in [2.24, 2.45) is 0 Å². The van der Waals surface area contributed by atoms with Crippen LogP contribution in [0.5, 0.6) is 0 Å². The van der Waals surface area contributed by atoms with Gasteiger partial charge >= 0.3 is 0 Å². The fraction of sp³-hybridized carbons (Fsp3) is 0.286. The molecule has 0 bridgehead atoms. The van der Waals surface area contributed by atoms with Gasteiger partial charge in [0.1, 0.15) is 0 Å². The zero-order valence-corrected chi connectivity index (χ0v) is 18.0. The van der Waals surface area contributed by atoms with Crippen molar-refractivity contribution in [3.8, 4) is 0 Å². The average molecular weight is 397 g/mol. The van der Waals surface area contributed by atoms with Crippen LogP contribution in [-0.4, -0.2) is 35.5 Å². The fourth-order valence-electron chi connectivity index (χ4n) is 4.44. The zero-order chi connectivity index (χ0) is 20.9. The van der Waals surface area contributed by atoms with Gasteiger partial charge in [-0.1, -0.05) is 85.5 Å². The van der Waals surface area contributed by atoms with E-state index >= 15 is 0 Å². The van der Waals surface area contributed by atoms with E-state index in [1.165, 1.54) is 27.6 Å². The molecule has 1 heterocycles. The standard InChI is InChI=1S/C28H32N2/c1-4-5-19-29(20-18-24-12-7-6-8-13-24)23(3)28-21-30(28)22(2)26-17-11-15-25-14-9-10-16-27(25)26/h4,6-17,22,28H,1,3,5,18-21H2,2H3/t22-,28?,30?/m0/s1. The molecular formula is C28H32N2. The Morgan fingerprint density at radius 3 is 2.57 bits per heavy atom. The molecule has 0 N–H and O–H groups in total. The molecule has 154 valence electrons. The van der Waals surface area contributed by atoms with Crippen molar-refractivity contribution in [3.63, 3.8) is 0 Å². The summed E-state index contributed by atoms with van der Waals surface area (Å²) in [7, 11) is 0. The van der Waals surface area contributed by atoms with Crippen LogP contribution in [0.2, 0.25) is 0 Å². The minimum Gasteiger partial charge on any atom is -0.373 e. The molecule has 2 heteroatoms. The Morgan fingerprint density at radius 1 is 1.03 bits per heavy atom. The number of fused-ring (bicyclic) bond motifs is 1. The first-order valence-electron chi connectivity index (χ1n) is 11.0. The second-order valence-electron chi connectivity index (χ2n) is 8.25. The van der Waals surface area contributed by atoms with Gasteiger partial charge in [0.15, 0.2) is 0 Å². The monoisotopic (exact) mass is 396 g/mol. The van der Waals surface area contributed by atoms with Crippen LogP contribution >= 0.6 is 0 Å². The second kappa shape index (κ2) is 9.32. The van der Waals surface area contributed by atoms with Gasteiger partial charge in [-0.05, 0) is 41.7 Å². The van der Waals surface area contributed by atoms with Crippen molar-refractivity contribution in [1.29, 1.82) is 0 Å². The summed E-state index contributed by atoms with van der Waals surface area (Å²) in [6.07, 6.45) is 4.04. The highest BCUT2D eigenvalue weighted by molar-refractivity contribution is 5.86. The van der Waals surface area contributed by atoms with Gasteiger partial charge in [0, 0.05) is 31.4 Å². The van der Waals surface area contributed by atoms with E-state index in [-0.39, 0.29) is 0 Å². The first-order chi connectivity index (χ1) is 14.7. The van der Waals surface area contributed by atoms with Crippen LogP contribution in [0.15, 0.2) is 97.7 Å². The number of benzene rings is 3. The summed E-state index contributed by atoms with van der Waals surface area (Å²) in [6, 6.07) is 26.9. The highest BCUT2D eigenvalue weighted by Crippen LogP contribution is 2.38. The van der Waals surface area contributed by atoms with E-state index in [0.29, 0.717) is 12.1 Å². The van der Waals surface area contributed by atoms with Crippen LogP contribution in [-0.2, 0) is 6.42 Å². The molecule has 2 nitrogen and oxygen atoms in total. The van der Waals surface area contributed by atoms with E-state index in [4.69, 9.17) is 0 Å². The van der Waals surface area contributed by atoms with Gasteiger partial charge in [-0.25, -0.2) is 0 Å². The van der Waals surface area contributed by atoms with Crippen LogP contribution in [0.4, 0.5) is 0 Å². The summed E-state index contributed by atoms with van der Waals surface area (Å²) in [4.78, 5) is 5.03. The van der Waals surface area contributed by atoms with Crippen LogP contribution in [0, 0.1) is 0 Å². The van der Waals surface area contributed by atoms with Gasteiger partial charge in [0.2, 0.25) is 0 Å². The molecule has 0 spiro atoms. The summed E-state index contributed by atoms with van der Waals surface area (Å²) in [6.45, 7) is 13.8. The van der Waals surface area contributed by atoms with Crippen molar-refractivity contribution in [1.82, 2.24) is 9.80 Å². The summed E-state index contributed by atoms with van der Waals surface area (Å²) >= 11 is 0. The Morgan fingerprint density at radius 2 is 1.77 bits per heavy atom. The van der Waals surface area contributed by atoms with Crippen molar-refractivity contribution in [3.05, 3.63) is 109 Å². The number of hydrogen-bond donors (Lipinski definition) is 0. The molecule has 3 atom stereocenters. The smallest absolute Gasteiger partial charge is 0.0625 e. The Bertz CT molecular complexity index is 1000. The molecule has 4 rings (SSSR count). The summed E-state index contributed by atoms with van der Waals surface area (Å²) < 4.78 is 0. The number of nitrogens with zero attached hydrogens (tertiary/aromatic N) is 2. The third-order valence-electron chi connectivity index (χ3n) is 6.33. The molecule has 2 unspecified atom stereocenters. The topological polar surface area (TPSA) is 6.25 Å². The van der Waals surface area contributed by atoms with Crippen molar-refractivity contribution in [2.75, 3.05) is 19.6 Å². The minimum atomic E-state index is 0.383. The van der Waals surface area contributed by atoms with Gasteiger partial charge in [0.05, 0.1) is 6.04 Å². The highest BCUT2D eigenvalue weighted by atomic mass is 15.4. The molecule has 0 radical (unpaired) electrons. The Hall–Kier alpha value is -2.84. The predicted octanol–water partition coefficient (Wildman–Crippen LogP) is 6.22. The third kappa shape index (κ3) is 4.49. The van der Waals surface area contributed by atoms with E-state index in [2.05, 4.69) is 103 Å². The summed E-state index contributed by atoms with van der Waals surface area (Å²) in [5, 5.41) is 2.67. The maximum Gasteiger partial charge on any atom is 0.0625 e. The summed E-state index contributed by atoms with van der Waals surface area (Å²) in [5.74, 6) is 0. The van der Waals surface area contributed by atoms with E-state index in [0.717, 1.165) is 32.5 Å². The molecule has 0 aliphatic carbocycles. The van der Waals surface area contributed by atoms with Crippen molar-refractivity contribution < 1.29 is 0 Å². The molecule has 30 heavy (non-hydrogen) atoms. The molecule has 0 saturated carbocycles. The molecule has 1 saturated heterocycles. The fourth-order valence-corrected chi connectivity index (χ4v) is 4.44. The van der Waals surface area contributed by atoms with E-state index in [9.17, 15) is 0 Å². The lowest BCUT2D eigenvalue weighted by atomic mass is 9.99. The maximum absolute atomic E-state index is 4.52. The molecule has 0 aromatic heterocycles. The SMILES string of the molecule is C=CCCN(CCc1ccccc1)C(=C)C1CN1[C@@H](C)c1cccc2ccccc12.